The van der Waals surface area contributed by atoms with Crippen molar-refractivity contribution in [1.82, 2.24) is 10.3 Å². The number of pyridine rings is 1. The Bertz CT molecular complexity index is 457. The van der Waals surface area contributed by atoms with Gasteiger partial charge in [0, 0.05) is 6.04 Å². The highest BCUT2D eigenvalue weighted by atomic mass is 19.1. The van der Waals surface area contributed by atoms with Crippen LogP contribution in [0.5, 0.6) is 0 Å². The highest BCUT2D eigenvalue weighted by molar-refractivity contribution is 5.92. The number of nitrogens with one attached hydrogen (secondary N) is 1. The van der Waals surface area contributed by atoms with E-state index < -0.39 is 17.7 Å². The van der Waals surface area contributed by atoms with Crippen molar-refractivity contribution in [1.29, 1.82) is 0 Å². The van der Waals surface area contributed by atoms with Gasteiger partial charge in [0.15, 0.2) is 0 Å². The van der Waals surface area contributed by atoms with Crippen LogP contribution in [0, 0.1) is 11.7 Å². The van der Waals surface area contributed by atoms with E-state index in [1.54, 1.807) is 0 Å². The molecule has 18 heavy (non-hydrogen) atoms. The smallest absolute Gasteiger partial charge is 0.305 e. The summed E-state index contributed by atoms with van der Waals surface area (Å²) in [7, 11) is 0. The third kappa shape index (κ3) is 3.26. The van der Waals surface area contributed by atoms with Gasteiger partial charge >= 0.3 is 5.97 Å². The van der Waals surface area contributed by atoms with Gasteiger partial charge in [-0.2, -0.15) is 0 Å². The molecule has 5 nitrogen and oxygen atoms in total. The summed E-state index contributed by atoms with van der Waals surface area (Å²) in [6, 6.07) is 2.04. The molecule has 1 fully saturated rings. The van der Waals surface area contributed by atoms with Crippen LogP contribution in [0.25, 0.3) is 0 Å². The molecule has 1 aliphatic rings. The third-order valence-corrected chi connectivity index (χ3v) is 2.86. The summed E-state index contributed by atoms with van der Waals surface area (Å²) in [6.07, 6.45) is 2.71. The monoisotopic (exact) mass is 252 g/mol. The number of nitrogens with zero attached hydrogens (tertiary/aromatic N) is 1. The largest absolute Gasteiger partial charge is 0.481 e. The maximum atomic E-state index is 12.7. The average molecular weight is 252 g/mol. The van der Waals surface area contributed by atoms with Gasteiger partial charge in [-0.25, -0.2) is 9.37 Å². The van der Waals surface area contributed by atoms with E-state index in [1.165, 1.54) is 6.07 Å². The molecule has 0 bridgehead atoms. The molecule has 0 radical (unpaired) electrons. The molecule has 0 aromatic carbocycles. The van der Waals surface area contributed by atoms with E-state index in [4.69, 9.17) is 5.11 Å². The van der Waals surface area contributed by atoms with Crippen LogP contribution in [0.15, 0.2) is 18.3 Å². The van der Waals surface area contributed by atoms with Gasteiger partial charge in [0.1, 0.15) is 11.5 Å². The Kier molecular flexibility index (Phi) is 3.55. The minimum absolute atomic E-state index is 0.0902. The summed E-state index contributed by atoms with van der Waals surface area (Å²) in [5, 5.41) is 11.4. The SMILES string of the molecule is O=C(O)CC(NC(=O)c1ccc(F)cn1)C1CC1. The normalized spacial score (nSPS) is 16.1. The van der Waals surface area contributed by atoms with Crippen molar-refractivity contribution in [3.63, 3.8) is 0 Å². The van der Waals surface area contributed by atoms with Crippen LogP contribution in [0.3, 0.4) is 0 Å². The van der Waals surface area contributed by atoms with E-state index in [-0.39, 0.29) is 24.1 Å². The highest BCUT2D eigenvalue weighted by Crippen LogP contribution is 2.34. The average Bonchev–Trinajstić information content (AvgIpc) is 3.12. The Labute approximate surface area is 103 Å². The lowest BCUT2D eigenvalue weighted by molar-refractivity contribution is -0.137. The first kappa shape index (κ1) is 12.5. The molecule has 6 heteroatoms. The van der Waals surface area contributed by atoms with Crippen LogP contribution < -0.4 is 5.32 Å². The Hall–Kier alpha value is -1.98. The third-order valence-electron chi connectivity index (χ3n) is 2.86. The zero-order valence-corrected chi connectivity index (χ0v) is 9.60. The summed E-state index contributed by atoms with van der Waals surface area (Å²) in [6.45, 7) is 0. The minimum Gasteiger partial charge on any atom is -0.481 e. The van der Waals surface area contributed by atoms with E-state index in [9.17, 15) is 14.0 Å². The molecule has 0 saturated heterocycles. The second kappa shape index (κ2) is 5.12. The fourth-order valence-corrected chi connectivity index (χ4v) is 1.77. The number of carboxylic acid groups (broad SMARTS) is 1. The first-order valence-electron chi connectivity index (χ1n) is 5.70. The van der Waals surface area contributed by atoms with Crippen molar-refractivity contribution in [2.24, 2.45) is 5.92 Å². The number of hydrogen-bond donors (Lipinski definition) is 2. The van der Waals surface area contributed by atoms with Gasteiger partial charge in [-0.05, 0) is 30.9 Å². The zero-order chi connectivity index (χ0) is 13.1. The molecule has 1 aliphatic carbocycles. The number of hydrogen-bond acceptors (Lipinski definition) is 3. The molecule has 0 aliphatic heterocycles. The number of amides is 1. The molecular weight excluding hydrogens is 239 g/mol. The van der Waals surface area contributed by atoms with Crippen LogP contribution in [-0.4, -0.2) is 28.0 Å². The molecule has 1 atom stereocenters. The fraction of sp³-hybridized carbons (Fsp3) is 0.417. The summed E-state index contributed by atoms with van der Waals surface area (Å²) < 4.78 is 12.7. The second-order valence-corrected chi connectivity index (χ2v) is 4.38. The molecule has 2 rings (SSSR count). The first-order chi connectivity index (χ1) is 8.56. The molecule has 1 aromatic heterocycles. The van der Waals surface area contributed by atoms with Gasteiger partial charge in [0.2, 0.25) is 0 Å². The predicted octanol–water partition coefficient (Wildman–Crippen LogP) is 1.20. The summed E-state index contributed by atoms with van der Waals surface area (Å²) >= 11 is 0. The number of halogens is 1. The second-order valence-electron chi connectivity index (χ2n) is 4.38. The van der Waals surface area contributed by atoms with Gasteiger partial charge in [-0.15, -0.1) is 0 Å². The number of carboxylic acids is 1. The van der Waals surface area contributed by atoms with E-state index >= 15 is 0 Å². The number of rotatable bonds is 5. The number of carbonyl (C=O) groups is 2. The van der Waals surface area contributed by atoms with Crippen molar-refractivity contribution in [2.45, 2.75) is 25.3 Å². The van der Waals surface area contributed by atoms with Gasteiger partial charge in [0.05, 0.1) is 12.6 Å². The molecule has 1 amide bonds. The Morgan fingerprint density at radius 3 is 2.72 bits per heavy atom. The van der Waals surface area contributed by atoms with Crippen molar-refractivity contribution in [2.75, 3.05) is 0 Å². The van der Waals surface area contributed by atoms with Crippen LogP contribution in [0.1, 0.15) is 29.8 Å². The van der Waals surface area contributed by atoms with Crippen molar-refractivity contribution < 1.29 is 19.1 Å². The topological polar surface area (TPSA) is 79.3 Å². The number of carbonyl (C=O) groups excluding carboxylic acids is 1. The number of aromatic nitrogens is 1. The molecule has 1 aromatic rings. The molecular formula is C12H13FN2O3. The lowest BCUT2D eigenvalue weighted by Gasteiger charge is -2.15. The molecule has 1 heterocycles. The van der Waals surface area contributed by atoms with Crippen LogP contribution in [0.2, 0.25) is 0 Å². The first-order valence-corrected chi connectivity index (χ1v) is 5.70. The van der Waals surface area contributed by atoms with Gasteiger partial charge in [-0.3, -0.25) is 9.59 Å². The van der Waals surface area contributed by atoms with Crippen LogP contribution >= 0.6 is 0 Å². The number of aliphatic carboxylic acids is 1. The minimum atomic E-state index is -0.945. The van der Waals surface area contributed by atoms with E-state index in [2.05, 4.69) is 10.3 Å². The van der Waals surface area contributed by atoms with E-state index in [0.29, 0.717) is 0 Å². The Balaban J connectivity index is 2.00. The predicted molar refractivity (Wildman–Crippen MR) is 60.4 cm³/mol. The van der Waals surface area contributed by atoms with Gasteiger partial charge in [0.25, 0.3) is 5.91 Å². The lowest BCUT2D eigenvalue weighted by Crippen LogP contribution is -2.38. The molecule has 1 unspecified atom stereocenters. The van der Waals surface area contributed by atoms with Crippen molar-refractivity contribution >= 4 is 11.9 Å². The Morgan fingerprint density at radius 2 is 2.22 bits per heavy atom. The van der Waals surface area contributed by atoms with Gasteiger partial charge < -0.3 is 10.4 Å². The molecule has 1 saturated carbocycles. The quantitative estimate of drug-likeness (QED) is 0.825. The maximum Gasteiger partial charge on any atom is 0.305 e. The fourth-order valence-electron chi connectivity index (χ4n) is 1.77. The van der Waals surface area contributed by atoms with Crippen LogP contribution in [-0.2, 0) is 4.79 Å². The van der Waals surface area contributed by atoms with Crippen molar-refractivity contribution in [3.05, 3.63) is 29.8 Å². The van der Waals surface area contributed by atoms with E-state index in [0.717, 1.165) is 25.1 Å². The molecule has 0 spiro atoms. The molecule has 96 valence electrons. The van der Waals surface area contributed by atoms with Crippen molar-refractivity contribution in [3.8, 4) is 0 Å². The lowest BCUT2D eigenvalue weighted by atomic mass is 10.1. The maximum absolute atomic E-state index is 12.7. The van der Waals surface area contributed by atoms with E-state index in [1.807, 2.05) is 0 Å². The molecule has 2 N–H and O–H groups in total. The summed E-state index contributed by atoms with van der Waals surface area (Å²) in [5.74, 6) is -1.70. The zero-order valence-electron chi connectivity index (χ0n) is 9.60. The summed E-state index contributed by atoms with van der Waals surface area (Å²) in [4.78, 5) is 26.1. The van der Waals surface area contributed by atoms with Gasteiger partial charge in [-0.1, -0.05) is 0 Å². The highest BCUT2D eigenvalue weighted by Gasteiger charge is 2.34. The standard InChI is InChI=1S/C12H13FN2O3/c13-8-3-4-9(14-6-8)12(18)15-10(5-11(16)17)7-1-2-7/h3-4,6-7,10H,1-2,5H2,(H,15,18)(H,16,17). The Morgan fingerprint density at radius 1 is 1.50 bits per heavy atom. The van der Waals surface area contributed by atoms with Crippen LogP contribution in [0.4, 0.5) is 4.39 Å². The summed E-state index contributed by atoms with van der Waals surface area (Å²) in [5.41, 5.74) is 0.0902.